The Kier molecular flexibility index (Phi) is 6.52. The Morgan fingerprint density at radius 1 is 1.06 bits per heavy atom. The second-order valence-corrected chi connectivity index (χ2v) is 8.58. The zero-order valence-corrected chi connectivity index (χ0v) is 19.3. The van der Waals surface area contributed by atoms with E-state index in [0.717, 1.165) is 52.9 Å². The number of fused-ring (bicyclic) bond motifs is 1. The molecular weight excluding hydrogens is 450 g/mol. The fourth-order valence-corrected chi connectivity index (χ4v) is 3.90. The van der Waals surface area contributed by atoms with Gasteiger partial charge >= 0.3 is 0 Å². The van der Waals surface area contributed by atoms with Gasteiger partial charge in [-0.3, -0.25) is 0 Å². The second kappa shape index (κ2) is 10.0. The van der Waals surface area contributed by atoms with Gasteiger partial charge in [0.2, 0.25) is 5.95 Å². The van der Waals surface area contributed by atoms with E-state index in [2.05, 4.69) is 27.3 Å². The molecule has 3 aromatic carbocycles. The molecule has 8 heteroatoms. The summed E-state index contributed by atoms with van der Waals surface area (Å²) in [5.41, 5.74) is 4.07. The maximum absolute atomic E-state index is 8.93. The Labute approximate surface area is 202 Å². The number of ether oxygens (including phenoxy) is 2. The number of nitrogens with zero attached hydrogens (tertiary/aromatic N) is 3. The van der Waals surface area contributed by atoms with Gasteiger partial charge in [-0.15, -0.1) is 0 Å². The Balaban J connectivity index is 1.38. The van der Waals surface area contributed by atoms with Crippen molar-refractivity contribution >= 4 is 34.3 Å². The largest absolute Gasteiger partial charge is 0.457 e. The molecule has 0 saturated carbocycles. The summed E-state index contributed by atoms with van der Waals surface area (Å²) in [7, 11) is 0. The lowest BCUT2D eigenvalue weighted by Gasteiger charge is -2.27. The lowest BCUT2D eigenvalue weighted by Crippen LogP contribution is -2.40. The average Bonchev–Trinajstić information content (AvgIpc) is 3.16. The van der Waals surface area contributed by atoms with Crippen molar-refractivity contribution in [3.8, 4) is 17.6 Å². The molecule has 4 aromatic rings. The van der Waals surface area contributed by atoms with E-state index in [0.29, 0.717) is 30.6 Å². The maximum Gasteiger partial charge on any atom is 0.204 e. The van der Waals surface area contributed by atoms with Crippen LogP contribution in [0.5, 0.6) is 11.5 Å². The molecule has 0 aliphatic carbocycles. The van der Waals surface area contributed by atoms with Crippen LogP contribution in [-0.2, 0) is 11.3 Å². The predicted octanol–water partition coefficient (Wildman–Crippen LogP) is 5.67. The summed E-state index contributed by atoms with van der Waals surface area (Å²) in [5.74, 6) is 2.23. The molecule has 0 bridgehead atoms. The first kappa shape index (κ1) is 22.1. The number of benzene rings is 3. The molecule has 1 aliphatic rings. The quantitative estimate of drug-likeness (QED) is 0.305. The van der Waals surface area contributed by atoms with Gasteiger partial charge in [0.15, 0.2) is 0 Å². The molecule has 0 radical (unpaired) electrons. The zero-order chi connectivity index (χ0) is 23.3. The van der Waals surface area contributed by atoms with Gasteiger partial charge in [-0.05, 0) is 60.2 Å². The summed E-state index contributed by atoms with van der Waals surface area (Å²) < 4.78 is 13.3. The van der Waals surface area contributed by atoms with Crippen LogP contribution in [-0.4, -0.2) is 35.4 Å². The molecule has 0 atom stereocenters. The number of hydrogen-bond acceptors (Lipinski definition) is 6. The van der Waals surface area contributed by atoms with Crippen LogP contribution in [0.25, 0.3) is 11.0 Å². The van der Waals surface area contributed by atoms with E-state index in [4.69, 9.17) is 31.3 Å². The number of nitriles is 1. The molecule has 5 rings (SSSR count). The van der Waals surface area contributed by atoms with E-state index in [1.54, 1.807) is 12.1 Å². The molecule has 1 aliphatic heterocycles. The number of rotatable bonds is 9. The van der Waals surface area contributed by atoms with Gasteiger partial charge in [0.05, 0.1) is 49.3 Å². The van der Waals surface area contributed by atoms with Crippen molar-refractivity contribution in [2.24, 2.45) is 0 Å². The van der Waals surface area contributed by atoms with E-state index in [9.17, 15) is 0 Å². The Morgan fingerprint density at radius 2 is 1.79 bits per heavy atom. The van der Waals surface area contributed by atoms with Crippen LogP contribution in [0.3, 0.4) is 0 Å². The van der Waals surface area contributed by atoms with E-state index >= 15 is 0 Å². The van der Waals surface area contributed by atoms with E-state index in [-0.39, 0.29) is 0 Å². The lowest BCUT2D eigenvalue weighted by atomic mass is 10.2. The van der Waals surface area contributed by atoms with Crippen molar-refractivity contribution in [3.63, 3.8) is 0 Å². The molecule has 2 heterocycles. The number of aromatic nitrogens is 2. The van der Waals surface area contributed by atoms with Crippen molar-refractivity contribution < 1.29 is 9.47 Å². The third kappa shape index (κ3) is 5.09. The summed E-state index contributed by atoms with van der Waals surface area (Å²) in [4.78, 5) is 4.77. The average molecular weight is 474 g/mol. The third-order valence-corrected chi connectivity index (χ3v) is 5.84. The summed E-state index contributed by atoms with van der Waals surface area (Å²) in [6, 6.07) is 24.0. The minimum absolute atomic E-state index is 0.343. The van der Waals surface area contributed by atoms with Crippen LogP contribution in [0.15, 0.2) is 66.7 Å². The molecule has 0 amide bonds. The van der Waals surface area contributed by atoms with Crippen molar-refractivity contribution in [3.05, 3.63) is 77.3 Å². The number of halogens is 1. The number of imidazole rings is 1. The van der Waals surface area contributed by atoms with E-state index < -0.39 is 0 Å². The van der Waals surface area contributed by atoms with E-state index in [1.165, 1.54) is 0 Å². The summed E-state index contributed by atoms with van der Waals surface area (Å²) in [6.45, 7) is 2.62. The standard InChI is InChI=1S/C26H24ClN5O2/c27-19-4-9-23(10-5-19)34-22-7-2-18(3-8-22)15-32-25-14-20(30-21-16-33-17-21)6-11-24(25)31-26(32)29-13-1-12-28/h2-11,14,21,30H,1,13,15-17H2,(H,29,31). The third-order valence-electron chi connectivity index (χ3n) is 5.59. The molecule has 2 N–H and O–H groups in total. The molecule has 1 saturated heterocycles. The molecule has 0 unspecified atom stereocenters. The van der Waals surface area contributed by atoms with Crippen molar-refractivity contribution in [1.82, 2.24) is 9.55 Å². The smallest absolute Gasteiger partial charge is 0.204 e. The molecule has 7 nitrogen and oxygen atoms in total. The molecule has 34 heavy (non-hydrogen) atoms. The van der Waals surface area contributed by atoms with Crippen LogP contribution in [0.2, 0.25) is 5.02 Å². The SMILES string of the molecule is N#CCCNc1nc2ccc(NC3COC3)cc2n1Cc1ccc(Oc2ccc(Cl)cc2)cc1. The molecule has 1 aromatic heterocycles. The van der Waals surface area contributed by atoms with Crippen molar-refractivity contribution in [2.75, 3.05) is 30.4 Å². The molecule has 0 spiro atoms. The number of hydrogen-bond donors (Lipinski definition) is 2. The monoisotopic (exact) mass is 473 g/mol. The Bertz CT molecular complexity index is 1310. The highest BCUT2D eigenvalue weighted by Gasteiger charge is 2.19. The Hall–Kier alpha value is -3.73. The fourth-order valence-electron chi connectivity index (χ4n) is 3.78. The van der Waals surface area contributed by atoms with Gasteiger partial charge in [0.1, 0.15) is 11.5 Å². The first-order valence-electron chi connectivity index (χ1n) is 11.2. The van der Waals surface area contributed by atoms with Gasteiger partial charge in [0.25, 0.3) is 0 Å². The molecule has 1 fully saturated rings. The van der Waals surface area contributed by atoms with Gasteiger partial charge < -0.3 is 24.7 Å². The van der Waals surface area contributed by atoms with E-state index in [1.807, 2.05) is 48.5 Å². The molecule has 172 valence electrons. The minimum Gasteiger partial charge on any atom is -0.457 e. The lowest BCUT2D eigenvalue weighted by molar-refractivity contribution is 0.0211. The highest BCUT2D eigenvalue weighted by molar-refractivity contribution is 6.30. The van der Waals surface area contributed by atoms with Gasteiger partial charge in [-0.2, -0.15) is 5.26 Å². The second-order valence-electron chi connectivity index (χ2n) is 8.14. The normalized spacial score (nSPS) is 13.3. The van der Waals surface area contributed by atoms with Crippen molar-refractivity contribution in [1.29, 1.82) is 5.26 Å². The van der Waals surface area contributed by atoms with Gasteiger partial charge in [-0.1, -0.05) is 23.7 Å². The summed E-state index contributed by atoms with van der Waals surface area (Å²) >= 11 is 5.95. The minimum atomic E-state index is 0.343. The number of nitrogens with one attached hydrogen (secondary N) is 2. The Morgan fingerprint density at radius 3 is 2.47 bits per heavy atom. The highest BCUT2D eigenvalue weighted by Crippen LogP contribution is 2.27. The van der Waals surface area contributed by atoms with Crippen LogP contribution in [0.1, 0.15) is 12.0 Å². The van der Waals surface area contributed by atoms with Crippen LogP contribution in [0.4, 0.5) is 11.6 Å². The highest BCUT2D eigenvalue weighted by atomic mass is 35.5. The van der Waals surface area contributed by atoms with Crippen LogP contribution in [0, 0.1) is 11.3 Å². The topological polar surface area (TPSA) is 84.1 Å². The van der Waals surface area contributed by atoms with Crippen LogP contribution >= 0.6 is 11.6 Å². The zero-order valence-electron chi connectivity index (χ0n) is 18.5. The molecular formula is C26H24ClN5O2. The van der Waals surface area contributed by atoms with Gasteiger partial charge in [0, 0.05) is 17.3 Å². The summed E-state index contributed by atoms with van der Waals surface area (Å²) in [5, 5.41) is 16.4. The fraction of sp³-hybridized carbons (Fsp3) is 0.231. The first-order chi connectivity index (χ1) is 16.7. The predicted molar refractivity (Wildman–Crippen MR) is 134 cm³/mol. The van der Waals surface area contributed by atoms with Gasteiger partial charge in [-0.25, -0.2) is 4.98 Å². The summed E-state index contributed by atoms with van der Waals surface area (Å²) in [6.07, 6.45) is 0.411. The first-order valence-corrected chi connectivity index (χ1v) is 11.5. The van der Waals surface area contributed by atoms with Crippen LogP contribution < -0.4 is 15.4 Å². The maximum atomic E-state index is 8.93. The van der Waals surface area contributed by atoms with Crippen molar-refractivity contribution in [2.45, 2.75) is 19.0 Å². The number of anilines is 2.